The average Bonchev–Trinajstić information content (AvgIpc) is 3.17. The molecule has 4 nitrogen and oxygen atoms in total. The van der Waals surface area contributed by atoms with Crippen LogP contribution in [0.4, 0.5) is 4.39 Å². The third kappa shape index (κ3) is 2.89. The zero-order valence-corrected chi connectivity index (χ0v) is 12.6. The Kier molecular flexibility index (Phi) is 4.22. The summed E-state index contributed by atoms with van der Waals surface area (Å²) in [6, 6.07) is 8.49. The summed E-state index contributed by atoms with van der Waals surface area (Å²) in [5.41, 5.74) is 1.03. The Hall–Kier alpha value is -2.17. The number of halogens is 1. The number of likely N-dealkylation sites (tertiary alicyclic amines) is 1. The summed E-state index contributed by atoms with van der Waals surface area (Å²) in [5, 5.41) is 3.85. The van der Waals surface area contributed by atoms with Crippen molar-refractivity contribution in [2.75, 3.05) is 13.1 Å². The molecule has 0 unspecified atom stereocenters. The molecular formula is C17H19FN2O2. The van der Waals surface area contributed by atoms with E-state index in [-0.39, 0.29) is 17.6 Å². The zero-order valence-electron chi connectivity index (χ0n) is 12.6. The molecule has 116 valence electrons. The molecule has 1 aliphatic rings. The maximum atomic E-state index is 13.8. The lowest BCUT2D eigenvalue weighted by atomic mass is 9.98. The van der Waals surface area contributed by atoms with E-state index < -0.39 is 0 Å². The summed E-state index contributed by atoms with van der Waals surface area (Å²) in [4.78, 5) is 14.2. The molecule has 22 heavy (non-hydrogen) atoms. The van der Waals surface area contributed by atoms with Crippen LogP contribution in [-0.4, -0.2) is 29.1 Å². The maximum absolute atomic E-state index is 13.8. The van der Waals surface area contributed by atoms with Gasteiger partial charge in [-0.15, -0.1) is 0 Å². The Balaban J connectivity index is 1.69. The molecular weight excluding hydrogens is 283 g/mol. The molecule has 3 rings (SSSR count). The van der Waals surface area contributed by atoms with Crippen molar-refractivity contribution in [2.24, 2.45) is 0 Å². The number of benzene rings is 1. The van der Waals surface area contributed by atoms with Crippen LogP contribution in [0.1, 0.15) is 47.5 Å². The maximum Gasteiger partial charge on any atom is 0.276 e. The van der Waals surface area contributed by atoms with Crippen LogP contribution in [0.2, 0.25) is 0 Å². The summed E-state index contributed by atoms with van der Waals surface area (Å²) < 4.78 is 19.0. The van der Waals surface area contributed by atoms with Crippen molar-refractivity contribution < 1.29 is 13.7 Å². The van der Waals surface area contributed by atoms with Gasteiger partial charge in [0.05, 0.1) is 0 Å². The third-order valence-corrected chi connectivity index (χ3v) is 4.09. The minimum Gasteiger partial charge on any atom is -0.361 e. The SMILES string of the molecule is CCCc1cc(C(=O)N2CC[C@H](c3ccccc3F)C2)no1. The van der Waals surface area contributed by atoms with E-state index in [4.69, 9.17) is 4.52 Å². The third-order valence-electron chi connectivity index (χ3n) is 4.09. The topological polar surface area (TPSA) is 46.3 Å². The largest absolute Gasteiger partial charge is 0.361 e. The molecule has 2 aromatic rings. The van der Waals surface area contributed by atoms with Gasteiger partial charge in [0.1, 0.15) is 11.6 Å². The Bertz CT molecular complexity index is 668. The molecule has 1 aromatic heterocycles. The van der Waals surface area contributed by atoms with Crippen molar-refractivity contribution in [3.8, 4) is 0 Å². The Morgan fingerprint density at radius 2 is 2.27 bits per heavy atom. The van der Waals surface area contributed by atoms with E-state index in [0.717, 1.165) is 25.0 Å². The fourth-order valence-electron chi connectivity index (χ4n) is 2.94. The van der Waals surface area contributed by atoms with Gasteiger partial charge in [-0.25, -0.2) is 4.39 Å². The lowest BCUT2D eigenvalue weighted by Gasteiger charge is -2.15. The molecule has 5 heteroatoms. The molecule has 0 aliphatic carbocycles. The minimum atomic E-state index is -0.200. The molecule has 0 spiro atoms. The quantitative estimate of drug-likeness (QED) is 0.869. The van der Waals surface area contributed by atoms with Crippen LogP contribution in [0.25, 0.3) is 0 Å². The van der Waals surface area contributed by atoms with Crippen LogP contribution in [0.5, 0.6) is 0 Å². The summed E-state index contributed by atoms with van der Waals surface area (Å²) in [6.45, 7) is 3.19. The van der Waals surface area contributed by atoms with E-state index in [0.29, 0.717) is 24.3 Å². The smallest absolute Gasteiger partial charge is 0.276 e. The Labute approximate surface area is 128 Å². The second-order valence-electron chi connectivity index (χ2n) is 5.69. The number of aromatic nitrogens is 1. The fourth-order valence-corrected chi connectivity index (χ4v) is 2.94. The lowest BCUT2D eigenvalue weighted by Crippen LogP contribution is -2.28. The predicted octanol–water partition coefficient (Wildman–Crippen LogP) is 3.40. The average molecular weight is 302 g/mol. The number of carbonyl (C=O) groups is 1. The van der Waals surface area contributed by atoms with Crippen molar-refractivity contribution in [3.63, 3.8) is 0 Å². The molecule has 1 saturated heterocycles. The van der Waals surface area contributed by atoms with E-state index in [9.17, 15) is 9.18 Å². The van der Waals surface area contributed by atoms with E-state index in [1.165, 1.54) is 6.07 Å². The van der Waals surface area contributed by atoms with E-state index in [1.807, 2.05) is 13.0 Å². The van der Waals surface area contributed by atoms with Crippen molar-refractivity contribution in [1.82, 2.24) is 10.1 Å². The van der Waals surface area contributed by atoms with Crippen LogP contribution in [-0.2, 0) is 6.42 Å². The highest BCUT2D eigenvalue weighted by atomic mass is 19.1. The molecule has 0 N–H and O–H groups in total. The minimum absolute atomic E-state index is 0.0483. The first-order valence-electron chi connectivity index (χ1n) is 7.68. The first kappa shape index (κ1) is 14.8. The number of rotatable bonds is 4. The normalized spacial score (nSPS) is 17.9. The molecule has 1 amide bonds. The van der Waals surface area contributed by atoms with Crippen LogP contribution < -0.4 is 0 Å². The van der Waals surface area contributed by atoms with Gasteiger partial charge in [0, 0.05) is 31.5 Å². The number of hydrogen-bond donors (Lipinski definition) is 0. The number of hydrogen-bond acceptors (Lipinski definition) is 3. The highest BCUT2D eigenvalue weighted by Gasteiger charge is 2.30. The number of carbonyl (C=O) groups excluding carboxylic acids is 1. The molecule has 1 aromatic carbocycles. The molecule has 0 radical (unpaired) electrons. The second kappa shape index (κ2) is 6.30. The monoisotopic (exact) mass is 302 g/mol. The van der Waals surface area contributed by atoms with E-state index in [1.54, 1.807) is 23.1 Å². The summed E-state index contributed by atoms with van der Waals surface area (Å²) in [7, 11) is 0. The Morgan fingerprint density at radius 3 is 3.05 bits per heavy atom. The summed E-state index contributed by atoms with van der Waals surface area (Å²) in [6.07, 6.45) is 2.49. The first-order valence-corrected chi connectivity index (χ1v) is 7.68. The van der Waals surface area contributed by atoms with Crippen molar-refractivity contribution >= 4 is 5.91 Å². The number of amides is 1. The molecule has 0 saturated carbocycles. The van der Waals surface area contributed by atoms with Gasteiger partial charge in [0.2, 0.25) is 0 Å². The Morgan fingerprint density at radius 1 is 1.45 bits per heavy atom. The number of nitrogens with zero attached hydrogens (tertiary/aromatic N) is 2. The highest BCUT2D eigenvalue weighted by molar-refractivity contribution is 5.92. The molecule has 2 heterocycles. The van der Waals surface area contributed by atoms with Crippen LogP contribution >= 0.6 is 0 Å². The van der Waals surface area contributed by atoms with Crippen LogP contribution in [0, 0.1) is 5.82 Å². The van der Waals surface area contributed by atoms with Gasteiger partial charge in [0.15, 0.2) is 5.69 Å². The van der Waals surface area contributed by atoms with Gasteiger partial charge in [-0.1, -0.05) is 30.3 Å². The van der Waals surface area contributed by atoms with Gasteiger partial charge in [-0.2, -0.15) is 0 Å². The van der Waals surface area contributed by atoms with Crippen LogP contribution in [0.3, 0.4) is 0 Å². The molecule has 0 bridgehead atoms. The highest BCUT2D eigenvalue weighted by Crippen LogP contribution is 2.29. The zero-order chi connectivity index (χ0) is 15.5. The number of aryl methyl sites for hydroxylation is 1. The van der Waals surface area contributed by atoms with Crippen molar-refractivity contribution in [2.45, 2.75) is 32.1 Å². The second-order valence-corrected chi connectivity index (χ2v) is 5.69. The predicted molar refractivity (Wildman–Crippen MR) is 80.2 cm³/mol. The molecule has 1 atom stereocenters. The van der Waals surface area contributed by atoms with Gasteiger partial charge < -0.3 is 9.42 Å². The van der Waals surface area contributed by atoms with Gasteiger partial charge in [0.25, 0.3) is 5.91 Å². The van der Waals surface area contributed by atoms with Gasteiger partial charge in [-0.05, 0) is 24.5 Å². The van der Waals surface area contributed by atoms with Gasteiger partial charge in [-0.3, -0.25) is 4.79 Å². The van der Waals surface area contributed by atoms with E-state index in [2.05, 4.69) is 5.16 Å². The van der Waals surface area contributed by atoms with E-state index >= 15 is 0 Å². The summed E-state index contributed by atoms with van der Waals surface area (Å²) >= 11 is 0. The first-order chi connectivity index (χ1) is 10.7. The summed E-state index contributed by atoms with van der Waals surface area (Å²) in [5.74, 6) is 0.446. The van der Waals surface area contributed by atoms with Crippen molar-refractivity contribution in [1.29, 1.82) is 0 Å². The molecule has 1 aliphatic heterocycles. The molecule has 1 fully saturated rings. The van der Waals surface area contributed by atoms with Gasteiger partial charge >= 0.3 is 0 Å². The van der Waals surface area contributed by atoms with Crippen LogP contribution in [0.15, 0.2) is 34.9 Å². The van der Waals surface area contributed by atoms with Crippen molar-refractivity contribution in [3.05, 3.63) is 53.2 Å². The lowest BCUT2D eigenvalue weighted by molar-refractivity contribution is 0.0780. The fraction of sp³-hybridized carbons (Fsp3) is 0.412. The standard InChI is InChI=1S/C17H19FN2O2/c1-2-5-13-10-16(19-22-13)17(21)20-9-8-12(11-20)14-6-3-4-7-15(14)18/h3-4,6-7,10,12H,2,5,8-9,11H2,1H3/t12-/m0/s1.